The van der Waals surface area contributed by atoms with E-state index in [1.54, 1.807) is 11.7 Å². The molecule has 9 nitrogen and oxygen atoms in total. The summed E-state index contributed by atoms with van der Waals surface area (Å²) in [6, 6.07) is 19.3. The van der Waals surface area contributed by atoms with Gasteiger partial charge in [0.05, 0.1) is 29.6 Å². The largest absolute Gasteiger partial charge is 0.444 e. The second-order valence-electron chi connectivity index (χ2n) is 10.4. The van der Waals surface area contributed by atoms with Crippen LogP contribution in [0.15, 0.2) is 72.4 Å². The normalized spacial score (nSPS) is 15.9. The van der Waals surface area contributed by atoms with E-state index in [-0.39, 0.29) is 24.6 Å². The molecule has 220 valence electrons. The molecule has 3 atom stereocenters. The molecule has 0 radical (unpaired) electrons. The van der Waals surface area contributed by atoms with Crippen LogP contribution < -0.4 is 16.4 Å². The van der Waals surface area contributed by atoms with Gasteiger partial charge in [0.2, 0.25) is 5.91 Å². The molecule has 1 aliphatic heterocycles. The molecule has 10 heteroatoms. The number of morpholine rings is 1. The zero-order valence-corrected chi connectivity index (χ0v) is 24.3. The minimum absolute atomic E-state index is 0.132. The van der Waals surface area contributed by atoms with Crippen molar-refractivity contribution < 1.29 is 19.1 Å². The van der Waals surface area contributed by atoms with Crippen LogP contribution in [0.1, 0.15) is 35.3 Å². The molecule has 4 N–H and O–H groups in total. The van der Waals surface area contributed by atoms with Crippen LogP contribution in [0.2, 0.25) is 0 Å². The molecule has 0 bridgehead atoms. The lowest BCUT2D eigenvalue weighted by Crippen LogP contribution is -2.48. The lowest BCUT2D eigenvalue weighted by Gasteiger charge is -2.28. The Balaban J connectivity index is 1.36. The van der Waals surface area contributed by atoms with Gasteiger partial charge in [-0.15, -0.1) is 11.3 Å². The number of nitrogens with one attached hydrogen (secondary N) is 2. The van der Waals surface area contributed by atoms with Crippen LogP contribution in [0.4, 0.5) is 4.79 Å². The Labute approximate surface area is 246 Å². The van der Waals surface area contributed by atoms with E-state index in [1.165, 1.54) is 11.3 Å². The van der Waals surface area contributed by atoms with Crippen molar-refractivity contribution in [2.24, 2.45) is 5.73 Å². The van der Waals surface area contributed by atoms with Gasteiger partial charge in [-0.05, 0) is 43.2 Å². The second kappa shape index (κ2) is 16.8. The second-order valence-corrected chi connectivity index (χ2v) is 11.4. The number of rotatable bonds is 15. The van der Waals surface area contributed by atoms with E-state index in [0.717, 1.165) is 48.9 Å². The van der Waals surface area contributed by atoms with Crippen molar-refractivity contribution in [1.82, 2.24) is 20.5 Å². The maximum atomic E-state index is 13.2. The zero-order valence-electron chi connectivity index (χ0n) is 23.5. The molecule has 2 heterocycles. The average molecular weight is 580 g/mol. The van der Waals surface area contributed by atoms with Crippen molar-refractivity contribution in [1.29, 1.82) is 0 Å². The van der Waals surface area contributed by atoms with Gasteiger partial charge in [0.1, 0.15) is 6.61 Å². The van der Waals surface area contributed by atoms with E-state index in [2.05, 4.69) is 32.7 Å². The van der Waals surface area contributed by atoms with Gasteiger partial charge in [0.15, 0.2) is 0 Å². The Bertz CT molecular complexity index is 1160. The summed E-state index contributed by atoms with van der Waals surface area (Å²) in [5, 5.41) is 6.26. The molecular weight excluding hydrogens is 538 g/mol. The number of alkyl carbamates (subject to hydrolysis) is 1. The summed E-state index contributed by atoms with van der Waals surface area (Å²) in [6.07, 6.45) is 4.48. The van der Waals surface area contributed by atoms with Gasteiger partial charge in [-0.25, -0.2) is 4.79 Å². The van der Waals surface area contributed by atoms with E-state index in [0.29, 0.717) is 32.1 Å². The number of benzene rings is 2. The Morgan fingerprint density at radius 2 is 1.54 bits per heavy atom. The molecule has 1 fully saturated rings. The van der Waals surface area contributed by atoms with Gasteiger partial charge in [0, 0.05) is 37.9 Å². The predicted octanol–water partition coefficient (Wildman–Crippen LogP) is 3.54. The van der Waals surface area contributed by atoms with Crippen LogP contribution in [0.25, 0.3) is 0 Å². The van der Waals surface area contributed by atoms with E-state index in [4.69, 9.17) is 15.2 Å². The van der Waals surface area contributed by atoms with Crippen molar-refractivity contribution in [3.05, 3.63) is 88.4 Å². The van der Waals surface area contributed by atoms with Crippen molar-refractivity contribution in [3.63, 3.8) is 0 Å². The molecule has 41 heavy (non-hydrogen) atoms. The third-order valence-corrected chi connectivity index (χ3v) is 7.96. The summed E-state index contributed by atoms with van der Waals surface area (Å²) in [5.41, 5.74) is 10.3. The molecule has 1 aliphatic rings. The number of hydrogen-bond acceptors (Lipinski definition) is 8. The summed E-state index contributed by atoms with van der Waals surface area (Å²) in [4.78, 5) is 33.0. The Morgan fingerprint density at radius 1 is 0.927 bits per heavy atom. The van der Waals surface area contributed by atoms with E-state index in [1.807, 2.05) is 48.5 Å². The van der Waals surface area contributed by atoms with E-state index < -0.39 is 12.1 Å². The van der Waals surface area contributed by atoms with Gasteiger partial charge in [-0.2, -0.15) is 0 Å². The Kier molecular flexibility index (Phi) is 12.6. The predicted molar refractivity (Wildman–Crippen MR) is 161 cm³/mol. The highest BCUT2D eigenvalue weighted by molar-refractivity contribution is 7.09. The molecule has 2 aromatic carbocycles. The van der Waals surface area contributed by atoms with Crippen molar-refractivity contribution >= 4 is 23.3 Å². The topological polar surface area (TPSA) is 119 Å². The monoisotopic (exact) mass is 579 g/mol. The third kappa shape index (κ3) is 11.2. The van der Waals surface area contributed by atoms with Crippen LogP contribution in [-0.2, 0) is 33.7 Å². The fourth-order valence-electron chi connectivity index (χ4n) is 4.89. The number of carbonyl (C=O) groups excluding carboxylic acids is 2. The highest BCUT2D eigenvalue weighted by Crippen LogP contribution is 2.14. The molecule has 4 rings (SSSR count). The fraction of sp³-hybridized carbons (Fsp3) is 0.452. The first-order valence-electron chi connectivity index (χ1n) is 14.3. The lowest BCUT2D eigenvalue weighted by atomic mass is 9.95. The minimum Gasteiger partial charge on any atom is -0.444 e. The molecule has 0 aliphatic carbocycles. The summed E-state index contributed by atoms with van der Waals surface area (Å²) < 4.78 is 10.9. The highest BCUT2D eigenvalue weighted by Gasteiger charge is 2.22. The Morgan fingerprint density at radius 3 is 2.12 bits per heavy atom. The van der Waals surface area contributed by atoms with Crippen LogP contribution in [0.5, 0.6) is 0 Å². The third-order valence-electron chi connectivity index (χ3n) is 7.21. The number of nitrogens with two attached hydrogens (primary N) is 1. The number of aromatic nitrogens is 1. The maximum absolute atomic E-state index is 13.2. The molecule has 3 aromatic rings. The van der Waals surface area contributed by atoms with E-state index in [9.17, 15) is 9.59 Å². The number of ether oxygens (including phenoxy) is 2. The van der Waals surface area contributed by atoms with Crippen molar-refractivity contribution in [2.45, 2.75) is 56.8 Å². The van der Waals surface area contributed by atoms with Gasteiger partial charge in [-0.3, -0.25) is 14.7 Å². The molecule has 1 saturated heterocycles. The van der Waals surface area contributed by atoms with E-state index >= 15 is 0 Å². The number of carbonyl (C=O) groups is 2. The number of thiazole rings is 1. The highest BCUT2D eigenvalue weighted by atomic mass is 32.1. The van der Waals surface area contributed by atoms with Crippen molar-refractivity contribution in [3.8, 4) is 0 Å². The number of hydrogen-bond donors (Lipinski definition) is 3. The first-order valence-corrected chi connectivity index (χ1v) is 15.2. The summed E-state index contributed by atoms with van der Waals surface area (Å²) in [6.45, 7) is 4.13. The number of nitrogens with zero attached hydrogens (tertiary/aromatic N) is 2. The summed E-state index contributed by atoms with van der Waals surface area (Å²) in [5.74, 6) is -0.143. The zero-order chi connectivity index (χ0) is 28.7. The number of amides is 2. The lowest BCUT2D eigenvalue weighted by molar-refractivity contribution is -0.123. The molecule has 0 saturated carbocycles. The van der Waals surface area contributed by atoms with Crippen LogP contribution >= 0.6 is 11.3 Å². The van der Waals surface area contributed by atoms with Crippen LogP contribution in [0, 0.1) is 0 Å². The van der Waals surface area contributed by atoms with Crippen molar-refractivity contribution in [2.75, 3.05) is 32.8 Å². The van der Waals surface area contributed by atoms with Gasteiger partial charge in [-0.1, -0.05) is 60.7 Å². The molecule has 0 spiro atoms. The van der Waals surface area contributed by atoms with Gasteiger partial charge in [0.25, 0.3) is 0 Å². The molecule has 2 amide bonds. The first kappa shape index (κ1) is 30.6. The molecule has 1 aromatic heterocycles. The quantitative estimate of drug-likeness (QED) is 0.252. The summed E-state index contributed by atoms with van der Waals surface area (Å²) >= 11 is 1.45. The smallest absolute Gasteiger partial charge is 0.407 e. The average Bonchev–Trinajstić information content (AvgIpc) is 3.53. The Hall–Kier alpha value is -3.31. The van der Waals surface area contributed by atoms with Gasteiger partial charge >= 0.3 is 6.09 Å². The minimum atomic E-state index is -0.587. The summed E-state index contributed by atoms with van der Waals surface area (Å²) in [7, 11) is 0. The maximum Gasteiger partial charge on any atom is 0.407 e. The molecule has 3 unspecified atom stereocenters. The van der Waals surface area contributed by atoms with Crippen LogP contribution in [0.3, 0.4) is 0 Å². The fourth-order valence-corrected chi connectivity index (χ4v) is 5.40. The SMILES string of the molecule is NC(CCN1CCOCC1)C(=O)NC(CCC(Cc1ccccc1)NC(=O)OCc1cncs1)Cc1ccccc1. The van der Waals surface area contributed by atoms with Gasteiger partial charge < -0.3 is 25.8 Å². The van der Waals surface area contributed by atoms with Crippen LogP contribution in [-0.4, -0.2) is 72.9 Å². The first-order chi connectivity index (χ1) is 20.0. The standard InChI is InChI=1S/C31H41N5O4S/c32-29(13-14-36-15-17-39-18-16-36)30(37)34-26(19-24-7-3-1-4-8-24)11-12-27(20-25-9-5-2-6-10-25)35-31(38)40-22-28-21-33-23-41-28/h1-10,21,23,26-27,29H,11-20,22,32H2,(H,34,37)(H,35,38). The molecular formula is C31H41N5O4S.